The lowest BCUT2D eigenvalue weighted by Crippen LogP contribution is -2.47. The Morgan fingerprint density at radius 1 is 1.07 bits per heavy atom. The lowest BCUT2D eigenvalue weighted by atomic mass is 9.96. The first-order valence-corrected chi connectivity index (χ1v) is 10.9. The van der Waals surface area contributed by atoms with Gasteiger partial charge in [0.15, 0.2) is 0 Å². The van der Waals surface area contributed by atoms with Gasteiger partial charge in [-0.25, -0.2) is 4.98 Å². The second kappa shape index (κ2) is 8.84. The molecule has 0 spiro atoms. The minimum absolute atomic E-state index is 0.0534. The highest BCUT2D eigenvalue weighted by Crippen LogP contribution is 2.22. The molecule has 1 aromatic heterocycles. The second-order valence-electron chi connectivity index (χ2n) is 8.17. The molecule has 2 amide bonds. The number of likely N-dealkylation sites (tertiary alicyclic amines) is 1. The number of benzene rings is 1. The third kappa shape index (κ3) is 4.38. The summed E-state index contributed by atoms with van der Waals surface area (Å²) in [6.45, 7) is 6.54. The maximum atomic E-state index is 13.2. The Kier molecular flexibility index (Phi) is 6.02. The number of aromatic amines is 1. The van der Waals surface area contributed by atoms with Crippen molar-refractivity contribution in [1.82, 2.24) is 19.8 Å². The van der Waals surface area contributed by atoms with Crippen LogP contribution in [0.5, 0.6) is 0 Å². The Hall–Kier alpha value is -2.57. The predicted octanol–water partition coefficient (Wildman–Crippen LogP) is 2.64. The highest BCUT2D eigenvalue weighted by Gasteiger charge is 2.32. The number of hydrogen-bond acceptors (Lipinski definition) is 4. The maximum absolute atomic E-state index is 13.2. The van der Waals surface area contributed by atoms with Gasteiger partial charge in [-0.15, -0.1) is 0 Å². The number of carbonyl (C=O) groups excluding carboxylic acids is 2. The van der Waals surface area contributed by atoms with Crippen molar-refractivity contribution < 1.29 is 9.59 Å². The Morgan fingerprint density at radius 2 is 1.90 bits per heavy atom. The van der Waals surface area contributed by atoms with Crippen LogP contribution in [0.3, 0.4) is 0 Å². The molecule has 29 heavy (non-hydrogen) atoms. The third-order valence-electron chi connectivity index (χ3n) is 6.07. The summed E-state index contributed by atoms with van der Waals surface area (Å²) >= 11 is 0. The van der Waals surface area contributed by atoms with Crippen LogP contribution in [0.2, 0.25) is 0 Å². The van der Waals surface area contributed by atoms with E-state index < -0.39 is 0 Å². The van der Waals surface area contributed by atoms with Gasteiger partial charge in [0.25, 0.3) is 0 Å². The summed E-state index contributed by atoms with van der Waals surface area (Å²) in [5.41, 5.74) is 2.01. The Morgan fingerprint density at radius 3 is 2.72 bits per heavy atom. The van der Waals surface area contributed by atoms with Gasteiger partial charge in [0, 0.05) is 45.7 Å². The number of imidazole rings is 1. The molecule has 1 aromatic carbocycles. The van der Waals surface area contributed by atoms with Crippen LogP contribution in [0.15, 0.2) is 24.3 Å². The van der Waals surface area contributed by atoms with E-state index in [1.54, 1.807) is 0 Å². The fourth-order valence-corrected chi connectivity index (χ4v) is 4.47. The van der Waals surface area contributed by atoms with Crippen molar-refractivity contribution in [2.24, 2.45) is 5.92 Å². The largest absolute Gasteiger partial charge is 0.342 e. The van der Waals surface area contributed by atoms with E-state index in [-0.39, 0.29) is 17.7 Å². The zero-order valence-corrected chi connectivity index (χ0v) is 17.3. The Bertz CT molecular complexity index is 831. The smallest absolute Gasteiger partial charge is 0.227 e. The second-order valence-corrected chi connectivity index (χ2v) is 8.17. The van der Waals surface area contributed by atoms with E-state index in [0.717, 1.165) is 68.8 Å². The molecule has 2 saturated heterocycles. The van der Waals surface area contributed by atoms with Gasteiger partial charge in [-0.3, -0.25) is 9.59 Å². The fourth-order valence-electron chi connectivity index (χ4n) is 4.47. The minimum atomic E-state index is -0.0534. The lowest BCUT2D eigenvalue weighted by Gasteiger charge is -2.34. The molecule has 0 radical (unpaired) electrons. The molecule has 1 unspecified atom stereocenters. The molecular formula is C22H31N5O2. The van der Waals surface area contributed by atoms with Gasteiger partial charge < -0.3 is 19.7 Å². The fraction of sp³-hybridized carbons (Fsp3) is 0.591. The number of fused-ring (bicyclic) bond motifs is 1. The number of carbonyl (C=O) groups is 2. The van der Waals surface area contributed by atoms with Crippen molar-refractivity contribution in [2.45, 2.75) is 39.0 Å². The first kappa shape index (κ1) is 19.7. The molecule has 2 aliphatic heterocycles. The average Bonchev–Trinajstić information content (AvgIpc) is 3.03. The number of anilines is 1. The van der Waals surface area contributed by atoms with Crippen molar-refractivity contribution in [3.8, 4) is 0 Å². The molecule has 3 heterocycles. The van der Waals surface area contributed by atoms with Gasteiger partial charge in [0.1, 0.15) is 0 Å². The average molecular weight is 398 g/mol. The van der Waals surface area contributed by atoms with Crippen LogP contribution in [-0.4, -0.2) is 70.9 Å². The van der Waals surface area contributed by atoms with E-state index >= 15 is 0 Å². The van der Waals surface area contributed by atoms with Crippen molar-refractivity contribution in [2.75, 3.05) is 44.2 Å². The number of rotatable bonds is 4. The SMILES string of the molecule is CCCC(=O)N1CCCC(C(=O)N2CCCN(c3nc4ccccc4[nH]3)CC2)C1. The summed E-state index contributed by atoms with van der Waals surface area (Å²) < 4.78 is 0. The number of nitrogens with one attached hydrogen (secondary N) is 1. The van der Waals surface area contributed by atoms with Crippen molar-refractivity contribution >= 4 is 28.8 Å². The van der Waals surface area contributed by atoms with Gasteiger partial charge in [0.2, 0.25) is 17.8 Å². The van der Waals surface area contributed by atoms with E-state index in [4.69, 9.17) is 4.98 Å². The minimum Gasteiger partial charge on any atom is -0.342 e. The molecule has 1 atom stereocenters. The van der Waals surface area contributed by atoms with Crippen molar-refractivity contribution in [1.29, 1.82) is 0 Å². The van der Waals surface area contributed by atoms with E-state index in [0.29, 0.717) is 19.5 Å². The van der Waals surface area contributed by atoms with Crippen LogP contribution in [0.4, 0.5) is 5.95 Å². The molecule has 7 heteroatoms. The van der Waals surface area contributed by atoms with Crippen LogP contribution in [0.25, 0.3) is 11.0 Å². The quantitative estimate of drug-likeness (QED) is 0.861. The molecule has 0 saturated carbocycles. The molecule has 4 rings (SSSR count). The zero-order chi connectivity index (χ0) is 20.2. The Labute approximate surface area is 172 Å². The summed E-state index contributed by atoms with van der Waals surface area (Å²) in [5, 5.41) is 0. The van der Waals surface area contributed by atoms with Crippen LogP contribution < -0.4 is 4.90 Å². The van der Waals surface area contributed by atoms with E-state index in [2.05, 4.69) is 9.88 Å². The van der Waals surface area contributed by atoms with Crippen molar-refractivity contribution in [3.05, 3.63) is 24.3 Å². The van der Waals surface area contributed by atoms with E-state index in [1.165, 1.54) is 0 Å². The predicted molar refractivity (Wildman–Crippen MR) is 114 cm³/mol. The van der Waals surface area contributed by atoms with Crippen LogP contribution >= 0.6 is 0 Å². The molecular weight excluding hydrogens is 366 g/mol. The summed E-state index contributed by atoms with van der Waals surface area (Å²) in [7, 11) is 0. The van der Waals surface area contributed by atoms with Gasteiger partial charge in [-0.1, -0.05) is 19.1 Å². The molecule has 1 N–H and O–H groups in total. The number of para-hydroxylation sites is 2. The molecule has 2 fully saturated rings. The van der Waals surface area contributed by atoms with E-state index in [1.807, 2.05) is 41.0 Å². The standard InChI is InChI=1S/C22H31N5O2/c1-2-7-20(28)27-11-5-8-17(16-27)21(29)25-12-6-13-26(15-14-25)22-23-18-9-3-4-10-19(18)24-22/h3-4,9-10,17H,2,5-8,11-16H2,1H3,(H,23,24). The summed E-state index contributed by atoms with van der Waals surface area (Å²) in [5.74, 6) is 1.24. The number of H-pyrrole nitrogens is 1. The number of piperidine rings is 1. The highest BCUT2D eigenvalue weighted by molar-refractivity contribution is 5.81. The first-order chi connectivity index (χ1) is 14.2. The van der Waals surface area contributed by atoms with Gasteiger partial charge in [0.05, 0.1) is 17.0 Å². The van der Waals surface area contributed by atoms with Gasteiger partial charge in [-0.2, -0.15) is 0 Å². The lowest BCUT2D eigenvalue weighted by molar-refractivity contribution is -0.140. The summed E-state index contributed by atoms with van der Waals surface area (Å²) in [4.78, 5) is 39.7. The van der Waals surface area contributed by atoms with Gasteiger partial charge in [-0.05, 0) is 37.8 Å². The monoisotopic (exact) mass is 397 g/mol. The topological polar surface area (TPSA) is 72.5 Å². The third-order valence-corrected chi connectivity index (χ3v) is 6.07. The summed E-state index contributed by atoms with van der Waals surface area (Å²) in [6.07, 6.45) is 4.17. The molecule has 2 aromatic rings. The normalized spacial score (nSPS) is 20.7. The van der Waals surface area contributed by atoms with E-state index in [9.17, 15) is 9.59 Å². The molecule has 0 bridgehead atoms. The number of nitrogens with zero attached hydrogens (tertiary/aromatic N) is 4. The van der Waals surface area contributed by atoms with Crippen LogP contribution in [0, 0.1) is 5.92 Å². The number of amides is 2. The zero-order valence-electron chi connectivity index (χ0n) is 17.3. The van der Waals surface area contributed by atoms with Crippen LogP contribution in [-0.2, 0) is 9.59 Å². The molecule has 7 nitrogen and oxygen atoms in total. The maximum Gasteiger partial charge on any atom is 0.227 e. The highest BCUT2D eigenvalue weighted by atomic mass is 16.2. The Balaban J connectivity index is 1.37. The number of hydrogen-bond donors (Lipinski definition) is 1. The molecule has 2 aliphatic rings. The summed E-state index contributed by atoms with van der Waals surface area (Å²) in [6, 6.07) is 8.05. The van der Waals surface area contributed by atoms with Crippen LogP contribution in [0.1, 0.15) is 39.0 Å². The van der Waals surface area contributed by atoms with Crippen molar-refractivity contribution in [3.63, 3.8) is 0 Å². The number of aromatic nitrogens is 2. The molecule has 0 aliphatic carbocycles. The molecule has 156 valence electrons. The van der Waals surface area contributed by atoms with Gasteiger partial charge >= 0.3 is 0 Å². The first-order valence-electron chi connectivity index (χ1n) is 10.9.